The maximum absolute atomic E-state index is 5.89. The molecule has 0 aliphatic heterocycles. The van der Waals surface area contributed by atoms with Crippen molar-refractivity contribution in [1.29, 1.82) is 0 Å². The SMILES string of the molecule is Clc1cccc(COCc2ccc(Br)cn2)c1. The van der Waals surface area contributed by atoms with Gasteiger partial charge in [-0.15, -0.1) is 0 Å². The molecule has 0 radical (unpaired) electrons. The molecule has 1 aromatic heterocycles. The minimum atomic E-state index is 0.500. The quantitative estimate of drug-likeness (QED) is 0.843. The number of halogens is 2. The summed E-state index contributed by atoms with van der Waals surface area (Å²) in [5.74, 6) is 0. The number of aromatic nitrogens is 1. The van der Waals surface area contributed by atoms with Gasteiger partial charge in [-0.2, -0.15) is 0 Å². The van der Waals surface area contributed by atoms with Crippen LogP contribution in [-0.4, -0.2) is 4.98 Å². The van der Waals surface area contributed by atoms with Crippen molar-refractivity contribution in [2.45, 2.75) is 13.2 Å². The Labute approximate surface area is 114 Å². The highest BCUT2D eigenvalue weighted by molar-refractivity contribution is 9.10. The molecule has 2 aromatic rings. The molecule has 0 unspecified atom stereocenters. The summed E-state index contributed by atoms with van der Waals surface area (Å²) in [5, 5.41) is 0.730. The Morgan fingerprint density at radius 1 is 1.18 bits per heavy atom. The number of hydrogen-bond acceptors (Lipinski definition) is 2. The molecule has 0 amide bonds. The van der Waals surface area contributed by atoms with Gasteiger partial charge in [0.05, 0.1) is 18.9 Å². The van der Waals surface area contributed by atoms with E-state index in [-0.39, 0.29) is 0 Å². The molecule has 2 nitrogen and oxygen atoms in total. The zero-order valence-corrected chi connectivity index (χ0v) is 11.4. The van der Waals surface area contributed by atoms with Crippen LogP contribution in [0.1, 0.15) is 11.3 Å². The maximum atomic E-state index is 5.89. The summed E-state index contributed by atoms with van der Waals surface area (Å²) in [6, 6.07) is 11.5. The lowest BCUT2D eigenvalue weighted by molar-refractivity contribution is 0.104. The first-order chi connectivity index (χ1) is 8.24. The Hall–Kier alpha value is -0.900. The third kappa shape index (κ3) is 4.11. The minimum Gasteiger partial charge on any atom is -0.370 e. The molecule has 0 atom stereocenters. The number of pyridine rings is 1. The lowest BCUT2D eigenvalue weighted by atomic mass is 10.2. The van der Waals surface area contributed by atoms with Gasteiger partial charge in [-0.1, -0.05) is 23.7 Å². The second kappa shape index (κ2) is 6.15. The molecule has 1 heterocycles. The van der Waals surface area contributed by atoms with Gasteiger partial charge in [-0.05, 0) is 45.8 Å². The topological polar surface area (TPSA) is 22.1 Å². The van der Waals surface area contributed by atoms with E-state index in [1.165, 1.54) is 0 Å². The van der Waals surface area contributed by atoms with Crippen molar-refractivity contribution in [1.82, 2.24) is 4.98 Å². The summed E-state index contributed by atoms with van der Waals surface area (Å²) < 4.78 is 6.53. The molecule has 0 aliphatic carbocycles. The summed E-state index contributed by atoms with van der Waals surface area (Å²) >= 11 is 9.23. The molecule has 0 spiro atoms. The van der Waals surface area contributed by atoms with Crippen molar-refractivity contribution >= 4 is 27.5 Å². The van der Waals surface area contributed by atoms with E-state index in [1.807, 2.05) is 36.4 Å². The number of ether oxygens (including phenoxy) is 1. The van der Waals surface area contributed by atoms with Crippen molar-refractivity contribution < 1.29 is 4.74 Å². The van der Waals surface area contributed by atoms with E-state index in [2.05, 4.69) is 20.9 Å². The summed E-state index contributed by atoms with van der Waals surface area (Å²) in [5.41, 5.74) is 1.98. The van der Waals surface area contributed by atoms with Crippen LogP contribution in [0.5, 0.6) is 0 Å². The van der Waals surface area contributed by atoms with Crippen LogP contribution in [0.2, 0.25) is 5.02 Å². The Bertz CT molecular complexity index is 487. The van der Waals surface area contributed by atoms with Crippen LogP contribution in [0.15, 0.2) is 47.1 Å². The molecule has 4 heteroatoms. The number of hydrogen-bond donors (Lipinski definition) is 0. The van der Waals surface area contributed by atoms with E-state index < -0.39 is 0 Å². The first kappa shape index (κ1) is 12.6. The molecule has 0 bridgehead atoms. The molecule has 88 valence electrons. The van der Waals surface area contributed by atoms with Gasteiger partial charge in [0.1, 0.15) is 0 Å². The van der Waals surface area contributed by atoms with Gasteiger partial charge >= 0.3 is 0 Å². The van der Waals surface area contributed by atoms with Crippen LogP contribution in [0, 0.1) is 0 Å². The molecule has 0 saturated heterocycles. The van der Waals surface area contributed by atoms with E-state index in [0.29, 0.717) is 13.2 Å². The fourth-order valence-electron chi connectivity index (χ4n) is 1.39. The maximum Gasteiger partial charge on any atom is 0.0892 e. The van der Waals surface area contributed by atoms with Crippen LogP contribution >= 0.6 is 27.5 Å². The summed E-state index contributed by atoms with van der Waals surface area (Å²) in [4.78, 5) is 4.23. The molecule has 17 heavy (non-hydrogen) atoms. The molecule has 0 saturated carbocycles. The average molecular weight is 313 g/mol. The Balaban J connectivity index is 1.85. The molecule has 0 fully saturated rings. The summed E-state index contributed by atoms with van der Waals surface area (Å²) in [6.07, 6.45) is 1.76. The van der Waals surface area contributed by atoms with Gasteiger partial charge in [0.25, 0.3) is 0 Å². The van der Waals surface area contributed by atoms with E-state index >= 15 is 0 Å². The zero-order chi connectivity index (χ0) is 12.1. The first-order valence-electron chi connectivity index (χ1n) is 5.16. The van der Waals surface area contributed by atoms with E-state index in [9.17, 15) is 0 Å². The molecule has 1 aromatic carbocycles. The van der Waals surface area contributed by atoms with Crippen molar-refractivity contribution in [2.75, 3.05) is 0 Å². The van der Waals surface area contributed by atoms with Gasteiger partial charge in [0.2, 0.25) is 0 Å². The van der Waals surface area contributed by atoms with Crippen LogP contribution in [-0.2, 0) is 18.0 Å². The third-order valence-corrected chi connectivity index (χ3v) is 2.90. The van der Waals surface area contributed by atoms with Gasteiger partial charge in [-0.25, -0.2) is 0 Å². The van der Waals surface area contributed by atoms with E-state index in [1.54, 1.807) is 6.20 Å². The highest BCUT2D eigenvalue weighted by Crippen LogP contribution is 2.12. The van der Waals surface area contributed by atoms with Crippen molar-refractivity contribution in [2.24, 2.45) is 0 Å². The smallest absolute Gasteiger partial charge is 0.0892 e. The van der Waals surface area contributed by atoms with Crippen molar-refractivity contribution in [3.63, 3.8) is 0 Å². The normalized spacial score (nSPS) is 10.5. The first-order valence-corrected chi connectivity index (χ1v) is 6.34. The molecular weight excluding hydrogens is 302 g/mol. The van der Waals surface area contributed by atoms with Crippen molar-refractivity contribution in [3.8, 4) is 0 Å². The predicted molar refractivity (Wildman–Crippen MR) is 71.9 cm³/mol. The molecule has 0 aliphatic rings. The van der Waals surface area contributed by atoms with E-state index in [4.69, 9.17) is 16.3 Å². The third-order valence-electron chi connectivity index (χ3n) is 2.20. The highest BCUT2D eigenvalue weighted by atomic mass is 79.9. The second-order valence-corrected chi connectivity index (χ2v) is 4.94. The van der Waals surface area contributed by atoms with Crippen LogP contribution < -0.4 is 0 Å². The summed E-state index contributed by atoms with van der Waals surface area (Å²) in [7, 11) is 0. The number of nitrogens with zero attached hydrogens (tertiary/aromatic N) is 1. The number of benzene rings is 1. The molecular formula is C13H11BrClNO. The van der Waals surface area contributed by atoms with Crippen molar-refractivity contribution in [3.05, 3.63) is 63.3 Å². The van der Waals surface area contributed by atoms with Crippen LogP contribution in [0.25, 0.3) is 0 Å². The van der Waals surface area contributed by atoms with Gasteiger partial charge in [0, 0.05) is 15.7 Å². The van der Waals surface area contributed by atoms with Gasteiger partial charge < -0.3 is 4.74 Å². The molecule has 2 rings (SSSR count). The lowest BCUT2D eigenvalue weighted by Crippen LogP contribution is -1.96. The Kier molecular flexibility index (Phi) is 4.54. The lowest BCUT2D eigenvalue weighted by Gasteiger charge is -2.04. The average Bonchev–Trinajstić information content (AvgIpc) is 2.32. The Morgan fingerprint density at radius 2 is 2.06 bits per heavy atom. The van der Waals surface area contributed by atoms with Gasteiger partial charge in [0.15, 0.2) is 0 Å². The molecule has 0 N–H and O–H groups in total. The van der Waals surface area contributed by atoms with Crippen LogP contribution in [0.3, 0.4) is 0 Å². The summed E-state index contributed by atoms with van der Waals surface area (Å²) in [6.45, 7) is 1.04. The zero-order valence-electron chi connectivity index (χ0n) is 9.07. The fourth-order valence-corrected chi connectivity index (χ4v) is 1.84. The largest absolute Gasteiger partial charge is 0.370 e. The number of rotatable bonds is 4. The highest BCUT2D eigenvalue weighted by Gasteiger charge is 1.97. The van der Waals surface area contributed by atoms with Gasteiger partial charge in [-0.3, -0.25) is 4.98 Å². The Morgan fingerprint density at radius 3 is 2.76 bits per heavy atom. The predicted octanol–water partition coefficient (Wildman–Crippen LogP) is 4.21. The standard InChI is InChI=1S/C13H11BrClNO/c14-11-4-5-13(16-7-11)9-17-8-10-2-1-3-12(15)6-10/h1-7H,8-9H2. The monoisotopic (exact) mass is 311 g/mol. The minimum absolute atomic E-state index is 0.500. The fraction of sp³-hybridized carbons (Fsp3) is 0.154. The van der Waals surface area contributed by atoms with E-state index in [0.717, 1.165) is 20.8 Å². The second-order valence-electron chi connectivity index (χ2n) is 3.59. The van der Waals surface area contributed by atoms with Crippen LogP contribution in [0.4, 0.5) is 0 Å².